The lowest BCUT2D eigenvalue weighted by Gasteiger charge is -2.36. The molecule has 164 valence electrons. The number of likely N-dealkylation sites (N-methyl/N-ethyl adjacent to an activating group) is 1. The number of carbonyl (C=O) groups excluding carboxylic acids is 2. The molecule has 1 aliphatic carbocycles. The summed E-state index contributed by atoms with van der Waals surface area (Å²) in [6, 6.07) is 15.0. The molecule has 1 aliphatic heterocycles. The molecule has 2 aromatic rings. The molecule has 9 heteroatoms. The quantitative estimate of drug-likeness (QED) is 0.702. The summed E-state index contributed by atoms with van der Waals surface area (Å²) in [4.78, 5) is 25.4. The van der Waals surface area contributed by atoms with Crippen molar-refractivity contribution >= 4 is 27.1 Å². The number of hydrogen-bond acceptors (Lipinski definition) is 4. The van der Waals surface area contributed by atoms with Gasteiger partial charge in [-0.1, -0.05) is 48.5 Å². The Morgan fingerprint density at radius 3 is 2.03 bits per heavy atom. The van der Waals surface area contributed by atoms with E-state index in [1.165, 1.54) is 43.4 Å². The van der Waals surface area contributed by atoms with E-state index in [0.29, 0.717) is 6.08 Å². The minimum atomic E-state index is -4.98. The Balaban J connectivity index is 2.11. The van der Waals surface area contributed by atoms with Crippen LogP contribution in [0.3, 0.4) is 0 Å². The minimum absolute atomic E-state index is 0.139. The number of nitrogens with zero attached hydrogens (tertiary/aromatic N) is 1. The third-order valence-electron chi connectivity index (χ3n) is 5.49. The molecular formula is C23H16F3NO4S. The normalized spacial score (nSPS) is 21.5. The van der Waals surface area contributed by atoms with Gasteiger partial charge in [0.15, 0.2) is 5.78 Å². The van der Waals surface area contributed by atoms with E-state index in [1.54, 1.807) is 24.3 Å². The molecule has 1 amide bonds. The van der Waals surface area contributed by atoms with Crippen LogP contribution in [-0.4, -0.2) is 43.8 Å². The summed E-state index contributed by atoms with van der Waals surface area (Å²) >= 11 is 0. The molecule has 0 saturated carbocycles. The number of alkyl halides is 3. The Bertz CT molecular complexity index is 1310. The van der Waals surface area contributed by atoms with E-state index < -0.39 is 43.7 Å². The van der Waals surface area contributed by atoms with Crippen molar-refractivity contribution in [3.63, 3.8) is 0 Å². The lowest BCUT2D eigenvalue weighted by molar-refractivity contribution is -0.129. The molecule has 5 nitrogen and oxygen atoms in total. The van der Waals surface area contributed by atoms with Gasteiger partial charge in [-0.25, -0.2) is 8.42 Å². The molecule has 2 aromatic carbocycles. The number of amides is 1. The minimum Gasteiger partial charge on any atom is -0.324 e. The molecule has 1 unspecified atom stereocenters. The zero-order valence-corrected chi connectivity index (χ0v) is 17.4. The summed E-state index contributed by atoms with van der Waals surface area (Å²) in [5.41, 5.74) is -3.27. The van der Waals surface area contributed by atoms with Crippen molar-refractivity contribution in [3.8, 4) is 0 Å². The largest absolute Gasteiger partial charge is 0.419 e. The van der Waals surface area contributed by atoms with Crippen molar-refractivity contribution < 1.29 is 31.2 Å². The molecule has 32 heavy (non-hydrogen) atoms. The number of ketones is 1. The summed E-state index contributed by atoms with van der Waals surface area (Å²) in [6.45, 7) is 0. The van der Waals surface area contributed by atoms with E-state index in [1.807, 2.05) is 0 Å². The fourth-order valence-electron chi connectivity index (χ4n) is 3.93. The second-order valence-electron chi connectivity index (χ2n) is 7.33. The molecule has 0 fully saturated rings. The first kappa shape index (κ1) is 21.8. The highest BCUT2D eigenvalue weighted by molar-refractivity contribution is 7.96. The van der Waals surface area contributed by atoms with Crippen molar-refractivity contribution in [3.05, 3.63) is 94.9 Å². The number of sulfone groups is 1. The van der Waals surface area contributed by atoms with E-state index in [-0.39, 0.29) is 16.0 Å². The average molecular weight is 459 g/mol. The Kier molecular flexibility index (Phi) is 4.97. The number of carbonyl (C=O) groups is 2. The molecule has 4 rings (SSSR count). The van der Waals surface area contributed by atoms with Crippen LogP contribution in [0.4, 0.5) is 13.2 Å². The lowest BCUT2D eigenvalue weighted by atomic mass is 9.80. The SMILES string of the molecule is CN1C(=O)C(S(=O)(=O)c2ccccc2)=C(c2ccccc2)C12C=CC(=O)C(C(F)(F)F)=C2. The predicted octanol–water partition coefficient (Wildman–Crippen LogP) is 3.71. The summed E-state index contributed by atoms with van der Waals surface area (Å²) in [6.07, 6.45) is -2.49. The molecule has 0 aromatic heterocycles. The van der Waals surface area contributed by atoms with Crippen LogP contribution in [-0.2, 0) is 19.4 Å². The second-order valence-corrected chi connectivity index (χ2v) is 9.22. The van der Waals surface area contributed by atoms with Gasteiger partial charge in [-0.2, -0.15) is 13.2 Å². The highest BCUT2D eigenvalue weighted by atomic mass is 32.2. The van der Waals surface area contributed by atoms with Crippen LogP contribution < -0.4 is 0 Å². The second kappa shape index (κ2) is 7.30. The standard InChI is InChI=1S/C23H16F3NO4S/c1-27-21(29)20(32(30,31)16-10-6-3-7-11-16)19(15-8-4-2-5-9-15)22(27)13-12-18(28)17(14-22)23(24,25)26/h2-14H,1H3. The molecule has 0 bridgehead atoms. The van der Waals surface area contributed by atoms with Gasteiger partial charge >= 0.3 is 6.18 Å². The zero-order valence-electron chi connectivity index (χ0n) is 16.6. The molecule has 0 radical (unpaired) electrons. The Morgan fingerprint density at radius 1 is 0.906 bits per heavy atom. The van der Waals surface area contributed by atoms with E-state index >= 15 is 0 Å². The number of allylic oxidation sites excluding steroid dienone is 2. The monoisotopic (exact) mass is 459 g/mol. The topological polar surface area (TPSA) is 71.5 Å². The maximum Gasteiger partial charge on any atom is 0.419 e. The Hall–Kier alpha value is -3.46. The van der Waals surface area contributed by atoms with Crippen LogP contribution in [0, 0.1) is 0 Å². The Labute approximate surface area is 182 Å². The van der Waals surface area contributed by atoms with Crippen LogP contribution in [0.15, 0.2) is 94.3 Å². The summed E-state index contributed by atoms with van der Waals surface area (Å²) < 4.78 is 67.9. The van der Waals surface area contributed by atoms with Gasteiger partial charge in [0.05, 0.1) is 4.90 Å². The number of benzene rings is 2. The van der Waals surface area contributed by atoms with Crippen molar-refractivity contribution in [1.82, 2.24) is 4.90 Å². The highest BCUT2D eigenvalue weighted by Crippen LogP contribution is 2.49. The van der Waals surface area contributed by atoms with Crippen molar-refractivity contribution in [2.75, 3.05) is 7.05 Å². The first-order valence-electron chi connectivity index (χ1n) is 9.42. The fourth-order valence-corrected chi connectivity index (χ4v) is 5.60. The number of hydrogen-bond donors (Lipinski definition) is 0. The summed E-state index contributed by atoms with van der Waals surface area (Å²) in [5.74, 6) is -2.24. The number of rotatable bonds is 3. The van der Waals surface area contributed by atoms with E-state index in [4.69, 9.17) is 0 Å². The van der Waals surface area contributed by atoms with Crippen LogP contribution in [0.2, 0.25) is 0 Å². The van der Waals surface area contributed by atoms with Crippen molar-refractivity contribution in [2.45, 2.75) is 16.6 Å². The molecule has 1 spiro atoms. The number of halogens is 3. The van der Waals surface area contributed by atoms with E-state index in [9.17, 15) is 31.2 Å². The smallest absolute Gasteiger partial charge is 0.324 e. The third kappa shape index (κ3) is 3.20. The van der Waals surface area contributed by atoms with Gasteiger partial charge in [0.25, 0.3) is 5.91 Å². The fraction of sp³-hybridized carbons (Fsp3) is 0.130. The first-order valence-corrected chi connectivity index (χ1v) is 10.9. The molecular weight excluding hydrogens is 443 g/mol. The third-order valence-corrected chi connectivity index (χ3v) is 7.30. The van der Waals surface area contributed by atoms with Gasteiger partial charge < -0.3 is 4.90 Å². The maximum absolute atomic E-state index is 13.6. The van der Waals surface area contributed by atoms with Crippen LogP contribution in [0.5, 0.6) is 0 Å². The lowest BCUT2D eigenvalue weighted by Crippen LogP contribution is -2.45. The first-order chi connectivity index (χ1) is 15.0. The van der Waals surface area contributed by atoms with Gasteiger partial charge in [-0.05, 0) is 35.9 Å². The van der Waals surface area contributed by atoms with Crippen LogP contribution >= 0.6 is 0 Å². The Morgan fingerprint density at radius 2 is 1.47 bits per heavy atom. The summed E-state index contributed by atoms with van der Waals surface area (Å²) in [5, 5.41) is 0. The highest BCUT2D eigenvalue weighted by Gasteiger charge is 2.55. The average Bonchev–Trinajstić information content (AvgIpc) is 2.98. The molecule has 1 atom stereocenters. The van der Waals surface area contributed by atoms with Gasteiger partial charge in [0.2, 0.25) is 9.84 Å². The predicted molar refractivity (Wildman–Crippen MR) is 111 cm³/mol. The van der Waals surface area contributed by atoms with Gasteiger partial charge in [0.1, 0.15) is 16.0 Å². The van der Waals surface area contributed by atoms with Crippen LogP contribution in [0.25, 0.3) is 5.57 Å². The van der Waals surface area contributed by atoms with Gasteiger partial charge in [-0.3, -0.25) is 9.59 Å². The molecule has 2 aliphatic rings. The van der Waals surface area contributed by atoms with Crippen molar-refractivity contribution in [1.29, 1.82) is 0 Å². The maximum atomic E-state index is 13.6. The van der Waals surface area contributed by atoms with Gasteiger partial charge in [0, 0.05) is 12.6 Å². The molecule has 0 saturated heterocycles. The summed E-state index contributed by atoms with van der Waals surface area (Å²) in [7, 11) is -3.19. The van der Waals surface area contributed by atoms with E-state index in [2.05, 4.69) is 0 Å². The molecule has 1 heterocycles. The van der Waals surface area contributed by atoms with Crippen LogP contribution in [0.1, 0.15) is 5.56 Å². The molecule has 0 N–H and O–H groups in total. The van der Waals surface area contributed by atoms with E-state index in [0.717, 1.165) is 17.1 Å². The zero-order chi connectivity index (χ0) is 23.3. The van der Waals surface area contributed by atoms with Crippen molar-refractivity contribution in [2.24, 2.45) is 0 Å². The van der Waals surface area contributed by atoms with Gasteiger partial charge in [-0.15, -0.1) is 0 Å².